The van der Waals surface area contributed by atoms with Crippen molar-refractivity contribution in [1.82, 2.24) is 5.54 Å². The Kier molecular flexibility index (Phi) is 3.76. The summed E-state index contributed by atoms with van der Waals surface area (Å²) in [6.07, 6.45) is 0.601. The van der Waals surface area contributed by atoms with Gasteiger partial charge in [-0.2, -0.15) is 0 Å². The van der Waals surface area contributed by atoms with E-state index in [2.05, 4.69) is 0 Å². The lowest BCUT2D eigenvalue weighted by Gasteiger charge is -2.22. The van der Waals surface area contributed by atoms with E-state index in [-0.39, 0.29) is 18.7 Å². The van der Waals surface area contributed by atoms with Gasteiger partial charge in [-0.1, -0.05) is 12.1 Å². The van der Waals surface area contributed by atoms with Crippen molar-refractivity contribution in [2.45, 2.75) is 12.0 Å². The van der Waals surface area contributed by atoms with Gasteiger partial charge in [0.15, 0.2) is 0 Å². The molecule has 82 valence electrons. The van der Waals surface area contributed by atoms with E-state index in [0.29, 0.717) is 6.29 Å². The van der Waals surface area contributed by atoms with Crippen molar-refractivity contribution >= 4 is 6.29 Å². The standard InChI is InChI=1S/C10H13FN2O2/c11-13-10(6-12,7-14)5-8-1-3-9(15)4-2-8/h1-4,7,13,15H,5-6,12H2. The third-order valence-electron chi connectivity index (χ3n) is 2.23. The van der Waals surface area contributed by atoms with Gasteiger partial charge in [-0.05, 0) is 17.7 Å². The van der Waals surface area contributed by atoms with Crippen LogP contribution in [0.15, 0.2) is 24.3 Å². The fourth-order valence-electron chi connectivity index (χ4n) is 1.23. The molecule has 0 bridgehead atoms. The van der Waals surface area contributed by atoms with Crippen LogP contribution >= 0.6 is 0 Å². The topological polar surface area (TPSA) is 75.4 Å². The van der Waals surface area contributed by atoms with E-state index in [9.17, 15) is 9.28 Å². The molecule has 4 nitrogen and oxygen atoms in total. The van der Waals surface area contributed by atoms with Crippen LogP contribution in [0, 0.1) is 0 Å². The molecule has 0 aromatic heterocycles. The molecule has 15 heavy (non-hydrogen) atoms. The van der Waals surface area contributed by atoms with Crippen molar-refractivity contribution in [1.29, 1.82) is 0 Å². The molecule has 1 aromatic rings. The van der Waals surface area contributed by atoms with Gasteiger partial charge in [0.2, 0.25) is 0 Å². The predicted octanol–water partition coefficient (Wildman–Crippen LogP) is 0.305. The molecule has 0 aliphatic heterocycles. The molecular weight excluding hydrogens is 199 g/mol. The molecule has 5 heteroatoms. The normalized spacial score (nSPS) is 14.5. The van der Waals surface area contributed by atoms with Crippen molar-refractivity contribution in [3.05, 3.63) is 29.8 Å². The summed E-state index contributed by atoms with van der Waals surface area (Å²) < 4.78 is 12.5. The quantitative estimate of drug-likeness (QED) is 0.485. The summed E-state index contributed by atoms with van der Waals surface area (Å²) in [4.78, 5) is 10.7. The summed E-state index contributed by atoms with van der Waals surface area (Å²) in [5, 5.41) is 9.04. The van der Waals surface area contributed by atoms with Crippen LogP contribution in [-0.2, 0) is 11.2 Å². The maximum atomic E-state index is 12.5. The van der Waals surface area contributed by atoms with Gasteiger partial charge in [-0.25, -0.2) is 0 Å². The highest BCUT2D eigenvalue weighted by atomic mass is 19.2. The summed E-state index contributed by atoms with van der Waals surface area (Å²) in [6, 6.07) is 6.17. The average molecular weight is 212 g/mol. The number of aldehydes is 1. The van der Waals surface area contributed by atoms with Gasteiger partial charge in [0.1, 0.15) is 17.6 Å². The van der Waals surface area contributed by atoms with Crippen molar-refractivity contribution in [3.8, 4) is 5.75 Å². The van der Waals surface area contributed by atoms with Crippen LogP contribution in [0.3, 0.4) is 0 Å². The van der Waals surface area contributed by atoms with E-state index in [4.69, 9.17) is 10.8 Å². The van der Waals surface area contributed by atoms with Gasteiger partial charge >= 0.3 is 0 Å². The molecule has 0 saturated carbocycles. The number of phenols is 1. The Hall–Kier alpha value is -1.46. The lowest BCUT2D eigenvalue weighted by atomic mass is 9.93. The highest BCUT2D eigenvalue weighted by Crippen LogP contribution is 2.14. The average Bonchev–Trinajstić information content (AvgIpc) is 2.29. The van der Waals surface area contributed by atoms with Gasteiger partial charge < -0.3 is 15.6 Å². The first kappa shape index (κ1) is 11.6. The van der Waals surface area contributed by atoms with Crippen LogP contribution in [0.4, 0.5) is 4.48 Å². The summed E-state index contributed by atoms with van der Waals surface area (Å²) in [5.41, 5.74) is 6.09. The zero-order valence-electron chi connectivity index (χ0n) is 8.11. The predicted molar refractivity (Wildman–Crippen MR) is 53.9 cm³/mol. The van der Waals surface area contributed by atoms with Crippen LogP contribution in [0.25, 0.3) is 0 Å². The van der Waals surface area contributed by atoms with Crippen molar-refractivity contribution < 1.29 is 14.4 Å². The number of aromatic hydroxyl groups is 1. The third-order valence-corrected chi connectivity index (χ3v) is 2.23. The van der Waals surface area contributed by atoms with Crippen LogP contribution < -0.4 is 11.3 Å². The van der Waals surface area contributed by atoms with E-state index in [1.165, 1.54) is 17.7 Å². The monoisotopic (exact) mass is 212 g/mol. The van der Waals surface area contributed by atoms with Crippen molar-refractivity contribution in [2.75, 3.05) is 6.54 Å². The van der Waals surface area contributed by atoms with Gasteiger partial charge in [0, 0.05) is 13.0 Å². The molecule has 0 heterocycles. The molecule has 4 N–H and O–H groups in total. The van der Waals surface area contributed by atoms with Gasteiger partial charge in [0.25, 0.3) is 0 Å². The molecule has 0 aliphatic carbocycles. The van der Waals surface area contributed by atoms with Gasteiger partial charge in [-0.15, -0.1) is 10.0 Å². The Labute approximate surface area is 86.8 Å². The number of hydrogen-bond donors (Lipinski definition) is 3. The molecule has 0 saturated heterocycles. The second-order valence-electron chi connectivity index (χ2n) is 3.42. The molecule has 0 aliphatic rings. The number of halogens is 1. The van der Waals surface area contributed by atoms with E-state index < -0.39 is 5.54 Å². The molecule has 1 atom stereocenters. The highest BCUT2D eigenvalue weighted by molar-refractivity contribution is 5.65. The van der Waals surface area contributed by atoms with E-state index in [1.807, 2.05) is 0 Å². The zero-order chi connectivity index (χ0) is 11.3. The van der Waals surface area contributed by atoms with Crippen LogP contribution in [-0.4, -0.2) is 23.5 Å². The second-order valence-corrected chi connectivity index (χ2v) is 3.42. The van der Waals surface area contributed by atoms with E-state index in [1.54, 1.807) is 12.1 Å². The Morgan fingerprint density at radius 1 is 1.47 bits per heavy atom. The minimum absolute atomic E-state index is 0.122. The van der Waals surface area contributed by atoms with Gasteiger partial charge in [-0.3, -0.25) is 0 Å². The molecule has 1 rings (SSSR count). The van der Waals surface area contributed by atoms with Crippen molar-refractivity contribution in [2.24, 2.45) is 5.73 Å². The number of rotatable bonds is 5. The summed E-state index contributed by atoms with van der Waals surface area (Å²) in [6.45, 7) is -0.131. The minimum atomic E-state index is -1.38. The Morgan fingerprint density at radius 3 is 2.47 bits per heavy atom. The summed E-state index contributed by atoms with van der Waals surface area (Å²) in [5.74, 6) is 0.122. The molecular formula is C10H13FN2O2. The van der Waals surface area contributed by atoms with Crippen LogP contribution in [0.1, 0.15) is 5.56 Å². The van der Waals surface area contributed by atoms with Crippen LogP contribution in [0.5, 0.6) is 5.75 Å². The second kappa shape index (κ2) is 4.86. The Balaban J connectivity index is 2.83. The number of nitrogens with one attached hydrogen (secondary N) is 1. The number of nitrogens with two attached hydrogens (primary N) is 1. The smallest absolute Gasteiger partial charge is 0.144 e. The Morgan fingerprint density at radius 2 is 2.07 bits per heavy atom. The molecule has 0 fully saturated rings. The number of hydrogen-bond acceptors (Lipinski definition) is 4. The molecule has 0 amide bonds. The Bertz CT molecular complexity index is 323. The molecule has 1 aromatic carbocycles. The minimum Gasteiger partial charge on any atom is -0.508 e. The SMILES string of the molecule is NCC(C=O)(Cc1ccc(O)cc1)NF. The van der Waals surface area contributed by atoms with Gasteiger partial charge in [0.05, 0.1) is 0 Å². The third kappa shape index (κ3) is 2.74. The largest absolute Gasteiger partial charge is 0.508 e. The molecule has 0 spiro atoms. The number of carbonyl (C=O) groups is 1. The maximum absolute atomic E-state index is 12.5. The fraction of sp³-hybridized carbons (Fsp3) is 0.300. The fourth-order valence-corrected chi connectivity index (χ4v) is 1.23. The number of phenolic OH excluding ortho intramolecular Hbond substituents is 1. The van der Waals surface area contributed by atoms with Crippen molar-refractivity contribution in [3.63, 3.8) is 0 Å². The maximum Gasteiger partial charge on any atom is 0.144 e. The lowest BCUT2D eigenvalue weighted by molar-refractivity contribution is -0.114. The highest BCUT2D eigenvalue weighted by Gasteiger charge is 2.28. The first-order valence-corrected chi connectivity index (χ1v) is 4.48. The number of carbonyl (C=O) groups excluding carboxylic acids is 1. The van der Waals surface area contributed by atoms with Crippen LogP contribution in [0.2, 0.25) is 0 Å². The molecule has 0 radical (unpaired) electrons. The summed E-state index contributed by atoms with van der Waals surface area (Å²) >= 11 is 0. The molecule has 1 unspecified atom stereocenters. The summed E-state index contributed by atoms with van der Waals surface area (Å²) in [7, 11) is 0. The first-order valence-electron chi connectivity index (χ1n) is 4.48. The first-order chi connectivity index (χ1) is 7.15. The van der Waals surface area contributed by atoms with E-state index in [0.717, 1.165) is 5.56 Å². The number of benzene rings is 1. The lowest BCUT2D eigenvalue weighted by Crippen LogP contribution is -2.51. The van der Waals surface area contributed by atoms with E-state index >= 15 is 0 Å². The zero-order valence-corrected chi connectivity index (χ0v) is 8.11.